The number of halogens is 2. The number of hydrogen-bond acceptors (Lipinski definition) is 3. The zero-order chi connectivity index (χ0) is 11.3. The smallest absolute Gasteiger partial charge is 0.147 e. The van der Waals surface area contributed by atoms with Crippen LogP contribution in [0.2, 0.25) is 0 Å². The van der Waals surface area contributed by atoms with Gasteiger partial charge in [-0.1, -0.05) is 6.92 Å². The van der Waals surface area contributed by atoms with E-state index in [-0.39, 0.29) is 0 Å². The molecule has 0 aliphatic rings. The van der Waals surface area contributed by atoms with E-state index in [1.165, 1.54) is 0 Å². The lowest BCUT2D eigenvalue weighted by molar-refractivity contribution is 0.339. The fraction of sp³-hybridized carbons (Fsp3) is 0.400. The zero-order valence-corrected chi connectivity index (χ0v) is 12.4. The van der Waals surface area contributed by atoms with E-state index in [1.807, 2.05) is 23.9 Å². The van der Waals surface area contributed by atoms with Gasteiger partial charge in [-0.25, -0.2) is 0 Å². The number of thioether (sulfide) groups is 1. The lowest BCUT2D eigenvalue weighted by Gasteiger charge is -2.10. The lowest BCUT2D eigenvalue weighted by Crippen LogP contribution is -2.02. The first-order valence-corrected chi connectivity index (χ1v) is 7.34. The van der Waals surface area contributed by atoms with E-state index in [2.05, 4.69) is 38.8 Å². The van der Waals surface area contributed by atoms with Crippen molar-refractivity contribution in [3.63, 3.8) is 0 Å². The van der Waals surface area contributed by atoms with Crippen LogP contribution in [0.1, 0.15) is 6.92 Å². The number of benzene rings is 1. The van der Waals surface area contributed by atoms with Crippen LogP contribution in [0.15, 0.2) is 21.1 Å². The van der Waals surface area contributed by atoms with Gasteiger partial charge in [-0.15, -0.1) is 0 Å². The summed E-state index contributed by atoms with van der Waals surface area (Å²) < 4.78 is 7.42. The molecule has 2 nitrogen and oxygen atoms in total. The Bertz CT molecular complexity index is 310. The predicted octanol–water partition coefficient (Wildman–Crippen LogP) is 3.93. The SMILES string of the molecule is CCSCCOc1c(Br)cc(N)cc1Br. The van der Waals surface area contributed by atoms with Gasteiger partial charge < -0.3 is 10.5 Å². The second-order valence-electron chi connectivity index (χ2n) is 2.86. The van der Waals surface area contributed by atoms with Gasteiger partial charge in [-0.2, -0.15) is 11.8 Å². The highest BCUT2D eigenvalue weighted by Gasteiger charge is 2.07. The molecule has 0 radical (unpaired) electrons. The van der Waals surface area contributed by atoms with Crippen LogP contribution in [-0.4, -0.2) is 18.1 Å². The van der Waals surface area contributed by atoms with Crippen molar-refractivity contribution in [2.45, 2.75) is 6.92 Å². The molecule has 0 amide bonds. The maximum Gasteiger partial charge on any atom is 0.147 e. The van der Waals surface area contributed by atoms with Gasteiger partial charge in [0.2, 0.25) is 0 Å². The van der Waals surface area contributed by atoms with Crippen LogP contribution in [0.5, 0.6) is 5.75 Å². The fourth-order valence-corrected chi connectivity index (χ4v) is 3.01. The first-order valence-electron chi connectivity index (χ1n) is 4.60. The molecule has 0 saturated carbocycles. The number of ether oxygens (including phenoxy) is 1. The summed E-state index contributed by atoms with van der Waals surface area (Å²) in [5.74, 6) is 2.94. The van der Waals surface area contributed by atoms with Gasteiger partial charge in [0.15, 0.2) is 0 Å². The van der Waals surface area contributed by atoms with Crippen LogP contribution < -0.4 is 10.5 Å². The van der Waals surface area contributed by atoms with Gasteiger partial charge >= 0.3 is 0 Å². The van der Waals surface area contributed by atoms with E-state index in [1.54, 1.807) is 0 Å². The van der Waals surface area contributed by atoms with Gasteiger partial charge in [0.1, 0.15) is 5.75 Å². The molecule has 0 heterocycles. The summed E-state index contributed by atoms with van der Waals surface area (Å²) >= 11 is 8.71. The summed E-state index contributed by atoms with van der Waals surface area (Å²) in [4.78, 5) is 0. The van der Waals surface area contributed by atoms with Gasteiger partial charge in [0, 0.05) is 11.4 Å². The molecule has 0 unspecified atom stereocenters. The number of nitrogen functional groups attached to an aromatic ring is 1. The average molecular weight is 355 g/mol. The van der Waals surface area contributed by atoms with Crippen LogP contribution in [0, 0.1) is 0 Å². The van der Waals surface area contributed by atoms with Crippen molar-refractivity contribution in [1.82, 2.24) is 0 Å². The highest BCUT2D eigenvalue weighted by atomic mass is 79.9. The van der Waals surface area contributed by atoms with Crippen LogP contribution in [0.3, 0.4) is 0 Å². The molecule has 0 atom stereocenters. The van der Waals surface area contributed by atoms with E-state index in [9.17, 15) is 0 Å². The van der Waals surface area contributed by atoms with Crippen molar-refractivity contribution in [1.29, 1.82) is 0 Å². The van der Waals surface area contributed by atoms with Crippen molar-refractivity contribution in [3.05, 3.63) is 21.1 Å². The van der Waals surface area contributed by atoms with Crippen LogP contribution >= 0.6 is 43.6 Å². The third-order valence-electron chi connectivity index (χ3n) is 1.70. The first kappa shape index (κ1) is 13.2. The minimum absolute atomic E-state index is 0.708. The molecule has 0 spiro atoms. The van der Waals surface area contributed by atoms with Crippen molar-refractivity contribution in [2.75, 3.05) is 23.8 Å². The average Bonchev–Trinajstić information content (AvgIpc) is 2.15. The Balaban J connectivity index is 2.60. The molecule has 0 fully saturated rings. The molecule has 1 rings (SSSR count). The van der Waals surface area contributed by atoms with E-state index in [0.29, 0.717) is 12.3 Å². The zero-order valence-electron chi connectivity index (χ0n) is 8.43. The van der Waals surface area contributed by atoms with E-state index < -0.39 is 0 Å². The molecule has 0 saturated heterocycles. The quantitative estimate of drug-likeness (QED) is 0.642. The van der Waals surface area contributed by atoms with Gasteiger partial charge in [-0.05, 0) is 49.7 Å². The molecule has 1 aromatic carbocycles. The standard InChI is InChI=1S/C10H13Br2NOS/c1-2-15-4-3-14-10-8(11)5-7(13)6-9(10)12/h5-6H,2-4,13H2,1H3. The third kappa shape index (κ3) is 4.25. The Morgan fingerprint density at radius 1 is 1.33 bits per heavy atom. The Kier molecular flexibility index (Phi) is 5.86. The lowest BCUT2D eigenvalue weighted by atomic mass is 10.3. The highest BCUT2D eigenvalue weighted by Crippen LogP contribution is 2.35. The molecule has 0 aromatic heterocycles. The summed E-state index contributed by atoms with van der Waals surface area (Å²) in [6.07, 6.45) is 0. The van der Waals surface area contributed by atoms with Crippen LogP contribution in [-0.2, 0) is 0 Å². The molecule has 5 heteroatoms. The Labute approximate surface area is 111 Å². The summed E-state index contributed by atoms with van der Waals surface area (Å²) in [7, 11) is 0. The van der Waals surface area contributed by atoms with Crippen molar-refractivity contribution in [2.24, 2.45) is 0 Å². The monoisotopic (exact) mass is 353 g/mol. The highest BCUT2D eigenvalue weighted by molar-refractivity contribution is 9.11. The van der Waals surface area contributed by atoms with Crippen LogP contribution in [0.25, 0.3) is 0 Å². The van der Waals surface area contributed by atoms with E-state index >= 15 is 0 Å². The summed E-state index contributed by atoms with van der Waals surface area (Å²) in [5, 5.41) is 0. The largest absolute Gasteiger partial charge is 0.490 e. The number of anilines is 1. The molecular formula is C10H13Br2NOS. The molecular weight excluding hydrogens is 342 g/mol. The summed E-state index contributed by atoms with van der Waals surface area (Å²) in [6.45, 7) is 2.85. The molecule has 2 N–H and O–H groups in total. The maximum absolute atomic E-state index is 5.69. The number of rotatable bonds is 5. The number of hydrogen-bond donors (Lipinski definition) is 1. The summed E-state index contributed by atoms with van der Waals surface area (Å²) in [5.41, 5.74) is 6.40. The molecule has 1 aromatic rings. The molecule has 15 heavy (non-hydrogen) atoms. The van der Waals surface area contributed by atoms with E-state index in [0.717, 1.165) is 26.2 Å². The van der Waals surface area contributed by atoms with E-state index in [4.69, 9.17) is 10.5 Å². The molecule has 0 aliphatic carbocycles. The molecule has 0 bridgehead atoms. The second-order valence-corrected chi connectivity index (χ2v) is 5.96. The van der Waals surface area contributed by atoms with Crippen molar-refractivity contribution >= 4 is 49.3 Å². The fourth-order valence-electron chi connectivity index (χ4n) is 1.06. The second kappa shape index (κ2) is 6.66. The van der Waals surface area contributed by atoms with Crippen molar-refractivity contribution in [3.8, 4) is 5.75 Å². The Morgan fingerprint density at radius 2 is 1.93 bits per heavy atom. The van der Waals surface area contributed by atoms with Gasteiger partial charge in [-0.3, -0.25) is 0 Å². The Morgan fingerprint density at radius 3 is 2.47 bits per heavy atom. The normalized spacial score (nSPS) is 10.3. The topological polar surface area (TPSA) is 35.2 Å². The number of nitrogens with two attached hydrogens (primary N) is 1. The first-order chi connectivity index (χ1) is 7.15. The van der Waals surface area contributed by atoms with Gasteiger partial charge in [0.25, 0.3) is 0 Å². The maximum atomic E-state index is 5.69. The van der Waals surface area contributed by atoms with Crippen molar-refractivity contribution < 1.29 is 4.74 Å². The molecule has 84 valence electrons. The van der Waals surface area contributed by atoms with Gasteiger partial charge in [0.05, 0.1) is 15.6 Å². The minimum atomic E-state index is 0.708. The predicted molar refractivity (Wildman–Crippen MR) is 74.7 cm³/mol. The molecule has 0 aliphatic heterocycles. The Hall–Kier alpha value is 0.130. The minimum Gasteiger partial charge on any atom is -0.490 e. The summed E-state index contributed by atoms with van der Waals surface area (Å²) in [6, 6.07) is 3.68. The third-order valence-corrected chi connectivity index (χ3v) is 3.74. The van der Waals surface area contributed by atoms with Crippen LogP contribution in [0.4, 0.5) is 5.69 Å².